The summed E-state index contributed by atoms with van der Waals surface area (Å²) in [5.74, 6) is 0. The summed E-state index contributed by atoms with van der Waals surface area (Å²) in [6, 6.07) is 0. The molecule has 0 aromatic rings. The molecule has 0 unspecified atom stereocenters. The van der Waals surface area contributed by atoms with Crippen LogP contribution in [0, 0.1) is 0 Å². The van der Waals surface area contributed by atoms with Gasteiger partial charge in [0.05, 0.1) is 0 Å². The Morgan fingerprint density at radius 3 is 2.00 bits per heavy atom. The van der Waals surface area contributed by atoms with E-state index in [4.69, 9.17) is 5.73 Å². The van der Waals surface area contributed by atoms with Crippen molar-refractivity contribution in [3.8, 4) is 0 Å². The third-order valence-corrected chi connectivity index (χ3v) is 2.11. The highest BCUT2D eigenvalue weighted by atomic mass is 16.1. The van der Waals surface area contributed by atoms with Crippen molar-refractivity contribution in [1.29, 1.82) is 0 Å². The van der Waals surface area contributed by atoms with Crippen molar-refractivity contribution >= 4 is 6.41 Å². The van der Waals surface area contributed by atoms with E-state index < -0.39 is 0 Å². The van der Waals surface area contributed by atoms with Crippen LogP contribution in [-0.4, -0.2) is 19.5 Å². The van der Waals surface area contributed by atoms with Gasteiger partial charge in [-0.15, -0.1) is 0 Å². The van der Waals surface area contributed by atoms with E-state index in [1.165, 1.54) is 32.1 Å². The highest BCUT2D eigenvalue weighted by molar-refractivity contribution is 5.45. The zero-order chi connectivity index (χ0) is 9.78. The molecular formula is C10H22N2O. The summed E-state index contributed by atoms with van der Waals surface area (Å²) in [6.07, 6.45) is 9.42. The molecule has 3 N–H and O–H groups in total. The van der Waals surface area contributed by atoms with Gasteiger partial charge in [0.1, 0.15) is 0 Å². The molecule has 1 amide bonds. The Morgan fingerprint density at radius 1 is 0.923 bits per heavy atom. The third kappa shape index (κ3) is 11.4. The maximum Gasteiger partial charge on any atom is 0.207 e. The van der Waals surface area contributed by atoms with Crippen LogP contribution in [0.2, 0.25) is 0 Å². The highest BCUT2D eigenvalue weighted by Crippen LogP contribution is 2.05. The summed E-state index contributed by atoms with van der Waals surface area (Å²) in [6.45, 7) is 1.65. The second kappa shape index (κ2) is 11.4. The first kappa shape index (κ1) is 12.4. The second-order valence-electron chi connectivity index (χ2n) is 3.34. The Morgan fingerprint density at radius 2 is 1.46 bits per heavy atom. The maximum atomic E-state index is 9.89. The smallest absolute Gasteiger partial charge is 0.207 e. The van der Waals surface area contributed by atoms with E-state index in [1.807, 2.05) is 0 Å². The molecule has 3 nitrogen and oxygen atoms in total. The summed E-state index contributed by atoms with van der Waals surface area (Å²) in [5, 5.41) is 2.66. The lowest BCUT2D eigenvalue weighted by atomic mass is 10.1. The Kier molecular flexibility index (Phi) is 10.9. The average Bonchev–Trinajstić information content (AvgIpc) is 2.16. The lowest BCUT2D eigenvalue weighted by Gasteiger charge is -2.00. The molecule has 0 aromatic carbocycles. The fourth-order valence-electron chi connectivity index (χ4n) is 1.31. The number of nitrogens with one attached hydrogen (secondary N) is 1. The van der Waals surface area contributed by atoms with Crippen molar-refractivity contribution in [1.82, 2.24) is 5.32 Å². The number of amides is 1. The van der Waals surface area contributed by atoms with Gasteiger partial charge in [-0.2, -0.15) is 0 Å². The van der Waals surface area contributed by atoms with Crippen LogP contribution in [0.4, 0.5) is 0 Å². The molecule has 0 aromatic heterocycles. The Bertz CT molecular complexity index is 107. The van der Waals surface area contributed by atoms with Crippen molar-refractivity contribution in [2.75, 3.05) is 13.1 Å². The van der Waals surface area contributed by atoms with Crippen LogP contribution in [0.1, 0.15) is 44.9 Å². The summed E-state index contributed by atoms with van der Waals surface area (Å²) in [4.78, 5) is 9.89. The molecule has 0 aliphatic heterocycles. The Hall–Kier alpha value is -0.570. The molecule has 0 bridgehead atoms. The Labute approximate surface area is 81.1 Å². The van der Waals surface area contributed by atoms with Gasteiger partial charge in [0.2, 0.25) is 6.41 Å². The van der Waals surface area contributed by atoms with Crippen LogP contribution in [0.5, 0.6) is 0 Å². The Balaban J connectivity index is 2.79. The first-order valence-electron chi connectivity index (χ1n) is 5.29. The molecule has 0 spiro atoms. The van der Waals surface area contributed by atoms with Gasteiger partial charge in [0.15, 0.2) is 0 Å². The average molecular weight is 186 g/mol. The van der Waals surface area contributed by atoms with Crippen LogP contribution in [-0.2, 0) is 4.79 Å². The molecule has 0 saturated heterocycles. The van der Waals surface area contributed by atoms with Gasteiger partial charge in [-0.25, -0.2) is 0 Å². The predicted octanol–water partition coefficient (Wildman–Crippen LogP) is 1.42. The van der Waals surface area contributed by atoms with E-state index in [0.29, 0.717) is 0 Å². The van der Waals surface area contributed by atoms with Crippen LogP contribution in [0.25, 0.3) is 0 Å². The van der Waals surface area contributed by atoms with E-state index in [2.05, 4.69) is 5.32 Å². The van der Waals surface area contributed by atoms with Gasteiger partial charge >= 0.3 is 0 Å². The van der Waals surface area contributed by atoms with Crippen LogP contribution < -0.4 is 11.1 Å². The molecule has 0 fully saturated rings. The number of hydrogen-bond acceptors (Lipinski definition) is 2. The van der Waals surface area contributed by atoms with Crippen LogP contribution >= 0.6 is 0 Å². The van der Waals surface area contributed by atoms with Crippen molar-refractivity contribution in [3.63, 3.8) is 0 Å². The number of carbonyl (C=O) groups is 1. The molecule has 0 atom stereocenters. The number of unbranched alkanes of at least 4 members (excludes halogenated alkanes) is 6. The van der Waals surface area contributed by atoms with Gasteiger partial charge in [-0.05, 0) is 19.4 Å². The molecule has 0 rings (SSSR count). The van der Waals surface area contributed by atoms with E-state index >= 15 is 0 Å². The van der Waals surface area contributed by atoms with E-state index in [9.17, 15) is 4.79 Å². The van der Waals surface area contributed by atoms with Gasteiger partial charge in [-0.1, -0.05) is 32.1 Å². The molecule has 0 heterocycles. The van der Waals surface area contributed by atoms with E-state index in [1.54, 1.807) is 0 Å². The molecule has 0 aliphatic carbocycles. The topological polar surface area (TPSA) is 55.1 Å². The maximum absolute atomic E-state index is 9.89. The summed E-state index contributed by atoms with van der Waals surface area (Å²) in [7, 11) is 0. The summed E-state index contributed by atoms with van der Waals surface area (Å²) < 4.78 is 0. The van der Waals surface area contributed by atoms with Crippen LogP contribution in [0.3, 0.4) is 0 Å². The largest absolute Gasteiger partial charge is 0.359 e. The lowest BCUT2D eigenvalue weighted by Crippen LogP contribution is -2.11. The van der Waals surface area contributed by atoms with Crippen LogP contribution in [0.15, 0.2) is 0 Å². The molecule has 13 heavy (non-hydrogen) atoms. The standard InChI is InChI=1S/C10H22N2O/c11-8-6-4-2-1-3-5-7-9-12-10-13/h10H,1-9,11H2,(H,12,13). The van der Waals surface area contributed by atoms with Crippen molar-refractivity contribution in [3.05, 3.63) is 0 Å². The molecule has 3 heteroatoms. The first-order valence-corrected chi connectivity index (χ1v) is 5.29. The number of nitrogens with two attached hydrogens (primary N) is 1. The predicted molar refractivity (Wildman–Crippen MR) is 55.4 cm³/mol. The van der Waals surface area contributed by atoms with E-state index in [-0.39, 0.29) is 0 Å². The number of rotatable bonds is 10. The normalized spacial score (nSPS) is 9.92. The molecule has 78 valence electrons. The molecular weight excluding hydrogens is 164 g/mol. The third-order valence-electron chi connectivity index (χ3n) is 2.11. The zero-order valence-corrected chi connectivity index (χ0v) is 8.43. The quantitative estimate of drug-likeness (QED) is 0.400. The van der Waals surface area contributed by atoms with Gasteiger partial charge in [0, 0.05) is 6.54 Å². The number of carbonyl (C=O) groups excluding carboxylic acids is 1. The van der Waals surface area contributed by atoms with E-state index in [0.717, 1.165) is 32.3 Å². The minimum absolute atomic E-state index is 0.765. The van der Waals surface area contributed by atoms with Gasteiger partial charge < -0.3 is 11.1 Å². The van der Waals surface area contributed by atoms with Crippen molar-refractivity contribution < 1.29 is 4.79 Å². The highest BCUT2D eigenvalue weighted by Gasteiger charge is 1.90. The van der Waals surface area contributed by atoms with Crippen molar-refractivity contribution in [2.45, 2.75) is 44.9 Å². The summed E-state index contributed by atoms with van der Waals surface area (Å²) in [5.41, 5.74) is 5.38. The number of hydrogen-bond donors (Lipinski definition) is 2. The van der Waals surface area contributed by atoms with Gasteiger partial charge in [0.25, 0.3) is 0 Å². The molecule has 0 radical (unpaired) electrons. The fraction of sp³-hybridized carbons (Fsp3) is 0.900. The second-order valence-corrected chi connectivity index (χ2v) is 3.34. The first-order chi connectivity index (χ1) is 6.41. The molecule has 0 saturated carbocycles. The lowest BCUT2D eigenvalue weighted by molar-refractivity contribution is -0.109. The minimum Gasteiger partial charge on any atom is -0.359 e. The SMILES string of the molecule is NCCCCCCCCCNC=O. The fourth-order valence-corrected chi connectivity index (χ4v) is 1.31. The minimum atomic E-state index is 0.765. The zero-order valence-electron chi connectivity index (χ0n) is 8.43. The monoisotopic (exact) mass is 186 g/mol. The summed E-state index contributed by atoms with van der Waals surface area (Å²) >= 11 is 0. The van der Waals surface area contributed by atoms with Gasteiger partial charge in [-0.3, -0.25) is 4.79 Å². The van der Waals surface area contributed by atoms with Crippen molar-refractivity contribution in [2.24, 2.45) is 5.73 Å². The molecule has 0 aliphatic rings.